The first kappa shape index (κ1) is 16.0. The summed E-state index contributed by atoms with van der Waals surface area (Å²) in [6.07, 6.45) is 6.24. The lowest BCUT2D eigenvalue weighted by molar-refractivity contribution is 0.0608. The molecule has 0 bridgehead atoms. The summed E-state index contributed by atoms with van der Waals surface area (Å²) in [6, 6.07) is 8.49. The molecule has 2 saturated carbocycles. The fourth-order valence-corrected chi connectivity index (χ4v) is 5.18. The first-order valence-corrected chi connectivity index (χ1v) is 9.67. The molecule has 4 nitrogen and oxygen atoms in total. The summed E-state index contributed by atoms with van der Waals surface area (Å²) in [5.74, 6) is 0.461. The fourth-order valence-electron chi connectivity index (χ4n) is 3.75. The van der Waals surface area contributed by atoms with Crippen molar-refractivity contribution >= 4 is 10.0 Å². The zero-order valence-electron chi connectivity index (χ0n) is 13.1. The van der Waals surface area contributed by atoms with Crippen molar-refractivity contribution in [3.05, 3.63) is 30.3 Å². The van der Waals surface area contributed by atoms with Gasteiger partial charge in [0.25, 0.3) is 0 Å². The number of rotatable bonds is 5. The SMILES string of the molecule is CN(C1CC1C(O)C1CCCCC1)S(=O)(=O)c1ccccc1. The Morgan fingerprint density at radius 1 is 1.14 bits per heavy atom. The van der Waals surface area contributed by atoms with E-state index in [1.54, 1.807) is 31.3 Å². The lowest BCUT2D eigenvalue weighted by Crippen LogP contribution is -2.34. The Hall–Kier alpha value is -0.910. The van der Waals surface area contributed by atoms with Gasteiger partial charge in [-0.1, -0.05) is 37.5 Å². The van der Waals surface area contributed by atoms with Crippen LogP contribution in [0.1, 0.15) is 38.5 Å². The molecule has 0 aliphatic heterocycles. The van der Waals surface area contributed by atoms with E-state index in [0.717, 1.165) is 19.3 Å². The van der Waals surface area contributed by atoms with Gasteiger partial charge in [-0.2, -0.15) is 4.31 Å². The van der Waals surface area contributed by atoms with Crippen LogP contribution in [0.5, 0.6) is 0 Å². The summed E-state index contributed by atoms with van der Waals surface area (Å²) in [6.45, 7) is 0. The van der Waals surface area contributed by atoms with Gasteiger partial charge < -0.3 is 5.11 Å². The van der Waals surface area contributed by atoms with Gasteiger partial charge in [-0.25, -0.2) is 8.42 Å². The Labute approximate surface area is 133 Å². The van der Waals surface area contributed by atoms with E-state index in [4.69, 9.17) is 0 Å². The molecule has 1 aromatic rings. The van der Waals surface area contributed by atoms with E-state index in [1.807, 2.05) is 6.07 Å². The molecule has 1 aromatic carbocycles. The molecule has 0 heterocycles. The third-order valence-electron chi connectivity index (χ3n) is 5.26. The molecule has 22 heavy (non-hydrogen) atoms. The van der Waals surface area contributed by atoms with Crippen molar-refractivity contribution in [2.75, 3.05) is 7.05 Å². The summed E-state index contributed by atoms with van der Waals surface area (Å²) in [5, 5.41) is 10.5. The summed E-state index contributed by atoms with van der Waals surface area (Å²) < 4.78 is 26.7. The lowest BCUT2D eigenvalue weighted by Gasteiger charge is -2.27. The van der Waals surface area contributed by atoms with Gasteiger partial charge in [-0.15, -0.1) is 0 Å². The van der Waals surface area contributed by atoms with Crippen molar-refractivity contribution in [2.45, 2.75) is 55.6 Å². The van der Waals surface area contributed by atoms with E-state index in [1.165, 1.54) is 23.6 Å². The van der Waals surface area contributed by atoms with Crippen LogP contribution in [0.25, 0.3) is 0 Å². The molecule has 2 fully saturated rings. The first-order chi connectivity index (χ1) is 10.5. The van der Waals surface area contributed by atoms with Crippen molar-refractivity contribution < 1.29 is 13.5 Å². The molecule has 0 aromatic heterocycles. The molecule has 1 N–H and O–H groups in total. The maximum atomic E-state index is 12.6. The largest absolute Gasteiger partial charge is 0.392 e. The van der Waals surface area contributed by atoms with Gasteiger partial charge in [0, 0.05) is 19.0 Å². The maximum absolute atomic E-state index is 12.6. The molecule has 0 spiro atoms. The van der Waals surface area contributed by atoms with Crippen molar-refractivity contribution in [1.82, 2.24) is 4.31 Å². The molecular weight excluding hydrogens is 298 g/mol. The van der Waals surface area contributed by atoms with E-state index in [9.17, 15) is 13.5 Å². The van der Waals surface area contributed by atoms with Crippen molar-refractivity contribution in [1.29, 1.82) is 0 Å². The number of aliphatic hydroxyl groups is 1. The van der Waals surface area contributed by atoms with Crippen LogP contribution in [-0.4, -0.2) is 37.0 Å². The van der Waals surface area contributed by atoms with Crippen molar-refractivity contribution in [2.24, 2.45) is 11.8 Å². The van der Waals surface area contributed by atoms with Crippen LogP contribution in [-0.2, 0) is 10.0 Å². The van der Waals surface area contributed by atoms with Crippen molar-refractivity contribution in [3.8, 4) is 0 Å². The van der Waals surface area contributed by atoms with Crippen LogP contribution in [0, 0.1) is 11.8 Å². The highest BCUT2D eigenvalue weighted by Crippen LogP contribution is 2.44. The predicted octanol–water partition coefficient (Wildman–Crippen LogP) is 2.64. The zero-order valence-corrected chi connectivity index (χ0v) is 13.9. The van der Waals surface area contributed by atoms with Crippen molar-refractivity contribution in [3.63, 3.8) is 0 Å². The quantitative estimate of drug-likeness (QED) is 0.906. The van der Waals surface area contributed by atoms with Crippen LogP contribution in [0.2, 0.25) is 0 Å². The second-order valence-electron chi connectivity index (χ2n) is 6.69. The zero-order chi connectivity index (χ0) is 15.7. The van der Waals surface area contributed by atoms with E-state index in [0.29, 0.717) is 10.8 Å². The molecule has 5 heteroatoms. The normalized spacial score (nSPS) is 27.8. The Kier molecular flexibility index (Phi) is 4.57. The molecule has 0 saturated heterocycles. The van der Waals surface area contributed by atoms with Gasteiger partial charge in [0.15, 0.2) is 0 Å². The Balaban J connectivity index is 1.66. The molecule has 122 valence electrons. The van der Waals surface area contributed by atoms with Crippen LogP contribution in [0.15, 0.2) is 35.2 Å². The van der Waals surface area contributed by atoms with E-state index in [2.05, 4.69) is 0 Å². The summed E-state index contributed by atoms with van der Waals surface area (Å²) >= 11 is 0. The van der Waals surface area contributed by atoms with E-state index < -0.39 is 10.0 Å². The maximum Gasteiger partial charge on any atom is 0.243 e. The van der Waals surface area contributed by atoms with Gasteiger partial charge in [-0.3, -0.25) is 0 Å². The number of hydrogen-bond acceptors (Lipinski definition) is 3. The highest BCUT2D eigenvalue weighted by atomic mass is 32.2. The smallest absolute Gasteiger partial charge is 0.243 e. The minimum atomic E-state index is -3.45. The first-order valence-electron chi connectivity index (χ1n) is 8.23. The number of aliphatic hydroxyl groups excluding tert-OH is 1. The molecule has 0 amide bonds. The van der Waals surface area contributed by atoms with Crippen LogP contribution >= 0.6 is 0 Å². The number of sulfonamides is 1. The highest BCUT2D eigenvalue weighted by Gasteiger charge is 2.50. The fraction of sp³-hybridized carbons (Fsp3) is 0.647. The van der Waals surface area contributed by atoms with Gasteiger partial charge in [0.1, 0.15) is 0 Å². The minimum Gasteiger partial charge on any atom is -0.392 e. The molecule has 2 aliphatic carbocycles. The Morgan fingerprint density at radius 2 is 1.77 bits per heavy atom. The van der Waals surface area contributed by atoms with Gasteiger partial charge >= 0.3 is 0 Å². The minimum absolute atomic E-state index is 0.0536. The predicted molar refractivity (Wildman–Crippen MR) is 85.9 cm³/mol. The summed E-state index contributed by atoms with van der Waals surface area (Å²) in [4.78, 5) is 0.329. The Bertz CT molecular complexity index is 596. The van der Waals surface area contributed by atoms with E-state index >= 15 is 0 Å². The van der Waals surface area contributed by atoms with Gasteiger partial charge in [0.05, 0.1) is 11.0 Å². The number of benzene rings is 1. The second kappa shape index (κ2) is 6.30. The monoisotopic (exact) mass is 323 g/mol. The Morgan fingerprint density at radius 3 is 2.41 bits per heavy atom. The number of hydrogen-bond donors (Lipinski definition) is 1. The average molecular weight is 323 g/mol. The second-order valence-corrected chi connectivity index (χ2v) is 8.69. The standard InChI is InChI=1S/C17H25NO3S/c1-18(22(20,21)14-10-6-3-7-11-14)16-12-15(16)17(19)13-8-4-2-5-9-13/h3,6-7,10-11,13,15-17,19H,2,4-5,8-9,12H2,1H3. The molecule has 3 rings (SSSR count). The van der Waals surface area contributed by atoms with Crippen LogP contribution in [0.3, 0.4) is 0 Å². The molecule has 2 aliphatic rings. The molecule has 3 atom stereocenters. The van der Waals surface area contributed by atoms with E-state index in [-0.39, 0.29) is 18.1 Å². The average Bonchev–Trinajstić information content (AvgIpc) is 3.35. The molecule has 3 unspecified atom stereocenters. The third-order valence-corrected chi connectivity index (χ3v) is 7.16. The summed E-state index contributed by atoms with van der Waals surface area (Å²) in [5.41, 5.74) is 0. The molecular formula is C17H25NO3S. The molecule has 0 radical (unpaired) electrons. The summed E-state index contributed by atoms with van der Waals surface area (Å²) in [7, 11) is -1.81. The van der Waals surface area contributed by atoms with Gasteiger partial charge in [-0.05, 0) is 37.3 Å². The van der Waals surface area contributed by atoms with Crippen LogP contribution in [0.4, 0.5) is 0 Å². The lowest BCUT2D eigenvalue weighted by atomic mass is 9.83. The third kappa shape index (κ3) is 3.07. The van der Waals surface area contributed by atoms with Gasteiger partial charge in [0.2, 0.25) is 10.0 Å². The van der Waals surface area contributed by atoms with Crippen LogP contribution < -0.4 is 0 Å². The highest BCUT2D eigenvalue weighted by molar-refractivity contribution is 7.89. The number of nitrogens with zero attached hydrogens (tertiary/aromatic N) is 1. The topological polar surface area (TPSA) is 57.6 Å².